The molecule has 2 fully saturated rings. The van der Waals surface area contributed by atoms with Crippen LogP contribution in [0.25, 0.3) is 0 Å². The molecule has 2 nitrogen and oxygen atoms in total. The SMILES string of the molecule is C1CCC(CCOC[C@H]2CCCNC2)CC1. The molecule has 0 unspecified atom stereocenters. The zero-order valence-corrected chi connectivity index (χ0v) is 10.5. The molecule has 1 saturated heterocycles. The van der Waals surface area contributed by atoms with Crippen LogP contribution in [0.5, 0.6) is 0 Å². The van der Waals surface area contributed by atoms with Gasteiger partial charge >= 0.3 is 0 Å². The van der Waals surface area contributed by atoms with E-state index in [9.17, 15) is 0 Å². The van der Waals surface area contributed by atoms with E-state index in [1.807, 2.05) is 0 Å². The fraction of sp³-hybridized carbons (Fsp3) is 1.00. The first-order chi connectivity index (χ1) is 7.95. The van der Waals surface area contributed by atoms with Crippen molar-refractivity contribution in [1.29, 1.82) is 0 Å². The van der Waals surface area contributed by atoms with Gasteiger partial charge in [-0.05, 0) is 37.6 Å². The van der Waals surface area contributed by atoms with Gasteiger partial charge in [-0.25, -0.2) is 0 Å². The lowest BCUT2D eigenvalue weighted by Crippen LogP contribution is -2.32. The maximum Gasteiger partial charge on any atom is 0.0506 e. The Kier molecular flexibility index (Phi) is 5.64. The highest BCUT2D eigenvalue weighted by atomic mass is 16.5. The minimum Gasteiger partial charge on any atom is -0.381 e. The summed E-state index contributed by atoms with van der Waals surface area (Å²) in [6.45, 7) is 4.36. The maximum absolute atomic E-state index is 5.84. The molecule has 1 N–H and O–H groups in total. The van der Waals surface area contributed by atoms with Crippen molar-refractivity contribution >= 4 is 0 Å². The van der Waals surface area contributed by atoms with Crippen LogP contribution in [0.1, 0.15) is 51.4 Å². The molecule has 0 amide bonds. The van der Waals surface area contributed by atoms with Crippen molar-refractivity contribution in [3.8, 4) is 0 Å². The molecule has 1 heterocycles. The van der Waals surface area contributed by atoms with Crippen LogP contribution < -0.4 is 5.32 Å². The highest BCUT2D eigenvalue weighted by molar-refractivity contribution is 4.69. The first-order valence-electron chi connectivity index (χ1n) is 7.23. The molecule has 1 aliphatic carbocycles. The number of nitrogens with one attached hydrogen (secondary N) is 1. The minimum absolute atomic E-state index is 0.778. The summed E-state index contributed by atoms with van der Waals surface area (Å²) in [6, 6.07) is 0. The summed E-state index contributed by atoms with van der Waals surface area (Å²) >= 11 is 0. The number of rotatable bonds is 5. The second-order valence-corrected chi connectivity index (χ2v) is 5.58. The smallest absolute Gasteiger partial charge is 0.0506 e. The Morgan fingerprint density at radius 1 is 0.938 bits per heavy atom. The molecule has 16 heavy (non-hydrogen) atoms. The monoisotopic (exact) mass is 225 g/mol. The minimum atomic E-state index is 0.778. The standard InChI is InChI=1S/C14H27NO/c1-2-5-13(6-3-1)8-10-16-12-14-7-4-9-15-11-14/h13-15H,1-12H2/t14-/m0/s1. The lowest BCUT2D eigenvalue weighted by molar-refractivity contribution is 0.0764. The Labute approximate surface area is 100 Å². The van der Waals surface area contributed by atoms with Crippen molar-refractivity contribution in [3.05, 3.63) is 0 Å². The number of hydrogen-bond donors (Lipinski definition) is 1. The van der Waals surface area contributed by atoms with Crippen LogP contribution >= 0.6 is 0 Å². The average molecular weight is 225 g/mol. The van der Waals surface area contributed by atoms with E-state index in [2.05, 4.69) is 5.32 Å². The van der Waals surface area contributed by atoms with Crippen molar-refractivity contribution in [2.75, 3.05) is 26.3 Å². The molecule has 0 radical (unpaired) electrons. The fourth-order valence-corrected chi connectivity index (χ4v) is 3.04. The lowest BCUT2D eigenvalue weighted by atomic mass is 9.87. The van der Waals surface area contributed by atoms with Gasteiger partial charge in [-0.2, -0.15) is 0 Å². The molecule has 94 valence electrons. The van der Waals surface area contributed by atoms with Gasteiger partial charge in [0, 0.05) is 13.2 Å². The zero-order valence-electron chi connectivity index (χ0n) is 10.5. The third kappa shape index (κ3) is 4.42. The maximum atomic E-state index is 5.84. The summed E-state index contributed by atoms with van der Waals surface area (Å²) in [7, 11) is 0. The van der Waals surface area contributed by atoms with Crippen molar-refractivity contribution in [2.45, 2.75) is 51.4 Å². The van der Waals surface area contributed by atoms with E-state index >= 15 is 0 Å². The highest BCUT2D eigenvalue weighted by Crippen LogP contribution is 2.26. The Bertz CT molecular complexity index is 152. The van der Waals surface area contributed by atoms with Gasteiger partial charge in [-0.15, -0.1) is 0 Å². The predicted molar refractivity (Wildman–Crippen MR) is 67.6 cm³/mol. The summed E-state index contributed by atoms with van der Waals surface area (Å²) < 4.78 is 5.84. The summed E-state index contributed by atoms with van der Waals surface area (Å²) in [4.78, 5) is 0. The fourth-order valence-electron chi connectivity index (χ4n) is 3.04. The van der Waals surface area contributed by atoms with E-state index in [4.69, 9.17) is 4.74 Å². The van der Waals surface area contributed by atoms with Crippen molar-refractivity contribution in [3.63, 3.8) is 0 Å². The molecule has 0 aromatic rings. The van der Waals surface area contributed by atoms with Gasteiger partial charge in [-0.3, -0.25) is 0 Å². The third-order valence-corrected chi connectivity index (χ3v) is 4.15. The quantitative estimate of drug-likeness (QED) is 0.726. The van der Waals surface area contributed by atoms with Crippen LogP contribution in [0.3, 0.4) is 0 Å². The number of ether oxygens (including phenoxy) is 1. The molecule has 0 spiro atoms. The van der Waals surface area contributed by atoms with Crippen LogP contribution in [0.15, 0.2) is 0 Å². The van der Waals surface area contributed by atoms with Gasteiger partial charge in [0.05, 0.1) is 6.61 Å². The molecule has 2 rings (SSSR count). The van der Waals surface area contributed by atoms with Crippen LogP contribution in [-0.4, -0.2) is 26.3 Å². The van der Waals surface area contributed by atoms with E-state index in [0.717, 1.165) is 25.0 Å². The molecule has 1 atom stereocenters. The lowest BCUT2D eigenvalue weighted by Gasteiger charge is -2.24. The van der Waals surface area contributed by atoms with E-state index < -0.39 is 0 Å². The van der Waals surface area contributed by atoms with Crippen molar-refractivity contribution in [1.82, 2.24) is 5.32 Å². The molecular formula is C14H27NO. The summed E-state index contributed by atoms with van der Waals surface area (Å²) in [6.07, 6.45) is 11.3. The van der Waals surface area contributed by atoms with Gasteiger partial charge in [0.1, 0.15) is 0 Å². The molecule has 0 aromatic carbocycles. The van der Waals surface area contributed by atoms with Crippen LogP contribution in [0.2, 0.25) is 0 Å². The normalized spacial score (nSPS) is 28.1. The Morgan fingerprint density at radius 2 is 1.75 bits per heavy atom. The molecule has 2 heteroatoms. The molecule has 0 aromatic heterocycles. The van der Waals surface area contributed by atoms with E-state index in [1.54, 1.807) is 0 Å². The van der Waals surface area contributed by atoms with E-state index in [-0.39, 0.29) is 0 Å². The molecule has 0 bridgehead atoms. The first kappa shape index (κ1) is 12.4. The number of piperidine rings is 1. The Morgan fingerprint density at radius 3 is 2.50 bits per heavy atom. The van der Waals surface area contributed by atoms with Crippen LogP contribution in [-0.2, 0) is 4.74 Å². The Hall–Kier alpha value is -0.0800. The predicted octanol–water partition coefficient (Wildman–Crippen LogP) is 2.97. The van der Waals surface area contributed by atoms with Crippen LogP contribution in [0, 0.1) is 11.8 Å². The summed E-state index contributed by atoms with van der Waals surface area (Å²) in [5, 5.41) is 3.45. The van der Waals surface area contributed by atoms with E-state index in [1.165, 1.54) is 64.5 Å². The second-order valence-electron chi connectivity index (χ2n) is 5.58. The van der Waals surface area contributed by atoms with Gasteiger partial charge in [0.25, 0.3) is 0 Å². The zero-order chi connectivity index (χ0) is 11.1. The Balaban J connectivity index is 1.47. The van der Waals surface area contributed by atoms with Crippen LogP contribution in [0.4, 0.5) is 0 Å². The second kappa shape index (κ2) is 7.29. The largest absolute Gasteiger partial charge is 0.381 e. The third-order valence-electron chi connectivity index (χ3n) is 4.15. The van der Waals surface area contributed by atoms with Gasteiger partial charge in [-0.1, -0.05) is 32.1 Å². The van der Waals surface area contributed by atoms with E-state index in [0.29, 0.717) is 0 Å². The molecule has 1 aliphatic heterocycles. The highest BCUT2D eigenvalue weighted by Gasteiger charge is 2.15. The van der Waals surface area contributed by atoms with Gasteiger partial charge in [0.15, 0.2) is 0 Å². The summed E-state index contributed by atoms with van der Waals surface area (Å²) in [5.74, 6) is 1.75. The van der Waals surface area contributed by atoms with Gasteiger partial charge in [0.2, 0.25) is 0 Å². The molecule has 1 saturated carbocycles. The van der Waals surface area contributed by atoms with Crippen molar-refractivity contribution in [2.24, 2.45) is 11.8 Å². The topological polar surface area (TPSA) is 21.3 Å². The van der Waals surface area contributed by atoms with Gasteiger partial charge < -0.3 is 10.1 Å². The molecular weight excluding hydrogens is 198 g/mol. The average Bonchev–Trinajstić information content (AvgIpc) is 2.37. The molecule has 2 aliphatic rings. The van der Waals surface area contributed by atoms with Crippen molar-refractivity contribution < 1.29 is 4.74 Å². The first-order valence-corrected chi connectivity index (χ1v) is 7.23. The summed E-state index contributed by atoms with van der Waals surface area (Å²) in [5.41, 5.74) is 0. The number of hydrogen-bond acceptors (Lipinski definition) is 2.